The third-order valence-electron chi connectivity index (χ3n) is 4.75. The number of hydrogen-bond acceptors (Lipinski definition) is 4. The summed E-state index contributed by atoms with van der Waals surface area (Å²) < 4.78 is 0. The van der Waals surface area contributed by atoms with Crippen LogP contribution in [0.4, 0.5) is 0 Å². The quantitative estimate of drug-likeness (QED) is 0.762. The van der Waals surface area contributed by atoms with E-state index in [9.17, 15) is 4.79 Å². The van der Waals surface area contributed by atoms with Crippen molar-refractivity contribution in [2.45, 2.75) is 45.2 Å². The minimum atomic E-state index is 0.0172. The first kappa shape index (κ1) is 15.5. The highest BCUT2D eigenvalue weighted by atomic mass is 32.1. The van der Waals surface area contributed by atoms with Gasteiger partial charge in [0, 0.05) is 10.9 Å². The monoisotopic (exact) mass is 339 g/mol. The Kier molecular flexibility index (Phi) is 4.21. The average molecular weight is 339 g/mol. The van der Waals surface area contributed by atoms with E-state index in [1.165, 1.54) is 28.8 Å². The fourth-order valence-electron chi connectivity index (χ4n) is 3.40. The first-order chi connectivity index (χ1) is 11.7. The maximum atomic E-state index is 12.5. The van der Waals surface area contributed by atoms with Gasteiger partial charge in [0.15, 0.2) is 0 Å². The van der Waals surface area contributed by atoms with Crippen LogP contribution in [0.3, 0.4) is 0 Å². The van der Waals surface area contributed by atoms with Gasteiger partial charge in [-0.2, -0.15) is 0 Å². The number of aromatic nitrogens is 2. The van der Waals surface area contributed by atoms with Crippen LogP contribution in [-0.2, 0) is 19.4 Å². The Morgan fingerprint density at radius 2 is 2.04 bits per heavy atom. The second-order valence-corrected chi connectivity index (χ2v) is 7.50. The summed E-state index contributed by atoms with van der Waals surface area (Å²) in [6, 6.07) is 10.5. The molecule has 0 unspecified atom stereocenters. The standard InChI is InChI=1S/C19H21N3OS/c1-12(13-7-3-2-4-8-13)20-11-16-21-18(23)17-14-9-5-6-10-15(14)24-19(17)22-16/h2-4,7-8,12,20H,5-6,9-11H2,1H3,(H,21,22,23)/t12-/m0/s1. The van der Waals surface area contributed by atoms with E-state index in [1.54, 1.807) is 11.3 Å². The minimum Gasteiger partial charge on any atom is -0.309 e. The molecule has 0 saturated heterocycles. The number of aryl methyl sites for hydroxylation is 2. The molecule has 4 rings (SSSR count). The van der Waals surface area contributed by atoms with Crippen molar-refractivity contribution in [1.82, 2.24) is 15.3 Å². The number of thiophene rings is 1. The largest absolute Gasteiger partial charge is 0.309 e. The molecule has 1 aliphatic carbocycles. The second kappa shape index (κ2) is 6.49. The molecule has 1 aromatic carbocycles. The number of rotatable bonds is 4. The summed E-state index contributed by atoms with van der Waals surface area (Å²) >= 11 is 1.70. The fraction of sp³-hybridized carbons (Fsp3) is 0.368. The van der Waals surface area contributed by atoms with E-state index in [2.05, 4.69) is 29.4 Å². The van der Waals surface area contributed by atoms with Crippen LogP contribution in [0.1, 0.15) is 47.6 Å². The summed E-state index contributed by atoms with van der Waals surface area (Å²) in [7, 11) is 0. The number of fused-ring (bicyclic) bond motifs is 3. The highest BCUT2D eigenvalue weighted by Gasteiger charge is 2.19. The number of hydrogen-bond donors (Lipinski definition) is 2. The molecule has 124 valence electrons. The van der Waals surface area contributed by atoms with Gasteiger partial charge in [0.2, 0.25) is 0 Å². The molecule has 2 aromatic heterocycles. The molecule has 24 heavy (non-hydrogen) atoms. The van der Waals surface area contributed by atoms with Gasteiger partial charge in [-0.05, 0) is 43.7 Å². The fourth-order valence-corrected chi connectivity index (χ4v) is 4.68. The van der Waals surface area contributed by atoms with Crippen LogP contribution in [0.15, 0.2) is 35.1 Å². The van der Waals surface area contributed by atoms with Gasteiger partial charge in [-0.3, -0.25) is 4.79 Å². The van der Waals surface area contributed by atoms with Crippen molar-refractivity contribution in [3.63, 3.8) is 0 Å². The molecule has 0 aliphatic heterocycles. The average Bonchev–Trinajstić information content (AvgIpc) is 2.99. The van der Waals surface area contributed by atoms with Crippen LogP contribution in [-0.4, -0.2) is 9.97 Å². The van der Waals surface area contributed by atoms with Crippen LogP contribution < -0.4 is 10.9 Å². The Morgan fingerprint density at radius 3 is 2.88 bits per heavy atom. The summed E-state index contributed by atoms with van der Waals surface area (Å²) in [5, 5.41) is 4.27. The lowest BCUT2D eigenvalue weighted by Gasteiger charge is -2.13. The Hall–Kier alpha value is -1.98. The van der Waals surface area contributed by atoms with Crippen molar-refractivity contribution in [2.75, 3.05) is 0 Å². The van der Waals surface area contributed by atoms with Gasteiger partial charge in [0.25, 0.3) is 5.56 Å². The van der Waals surface area contributed by atoms with Gasteiger partial charge < -0.3 is 10.3 Å². The molecule has 2 heterocycles. The van der Waals surface area contributed by atoms with E-state index in [0.29, 0.717) is 12.4 Å². The molecule has 0 bridgehead atoms. The highest BCUT2D eigenvalue weighted by molar-refractivity contribution is 7.18. The van der Waals surface area contributed by atoms with Gasteiger partial charge in [-0.25, -0.2) is 4.98 Å². The predicted molar refractivity (Wildman–Crippen MR) is 98.6 cm³/mol. The summed E-state index contributed by atoms with van der Waals surface area (Å²) in [5.41, 5.74) is 2.49. The molecule has 3 aromatic rings. The molecule has 5 heteroatoms. The van der Waals surface area contributed by atoms with Crippen molar-refractivity contribution in [3.8, 4) is 0 Å². The number of benzene rings is 1. The maximum absolute atomic E-state index is 12.5. The molecule has 1 atom stereocenters. The summed E-state index contributed by atoms with van der Waals surface area (Å²) in [4.78, 5) is 22.5. The van der Waals surface area contributed by atoms with Crippen molar-refractivity contribution in [1.29, 1.82) is 0 Å². The third-order valence-corrected chi connectivity index (χ3v) is 5.94. The third kappa shape index (κ3) is 2.89. The zero-order chi connectivity index (χ0) is 16.5. The predicted octanol–water partition coefficient (Wildman–Crippen LogP) is 3.71. The smallest absolute Gasteiger partial charge is 0.259 e. The zero-order valence-corrected chi connectivity index (χ0v) is 14.6. The molecule has 0 amide bonds. The molecular formula is C19H21N3OS. The van der Waals surface area contributed by atoms with Gasteiger partial charge in [0.05, 0.1) is 11.9 Å². The highest BCUT2D eigenvalue weighted by Crippen LogP contribution is 2.33. The molecule has 0 radical (unpaired) electrons. The first-order valence-corrected chi connectivity index (χ1v) is 9.36. The Labute approximate surface area is 145 Å². The SMILES string of the molecule is C[C@H](NCc1nc2sc3c(c2c(=O)[nH]1)CCCC3)c1ccccc1. The summed E-state index contributed by atoms with van der Waals surface area (Å²) in [6.07, 6.45) is 4.51. The molecule has 1 aliphatic rings. The van der Waals surface area contributed by atoms with Crippen molar-refractivity contribution in [2.24, 2.45) is 0 Å². The van der Waals surface area contributed by atoms with Gasteiger partial charge in [-0.15, -0.1) is 11.3 Å². The summed E-state index contributed by atoms with van der Waals surface area (Å²) in [5.74, 6) is 0.717. The topological polar surface area (TPSA) is 57.8 Å². The van der Waals surface area contributed by atoms with E-state index >= 15 is 0 Å². The van der Waals surface area contributed by atoms with Crippen LogP contribution in [0.5, 0.6) is 0 Å². The Balaban J connectivity index is 1.58. The van der Waals surface area contributed by atoms with Crippen molar-refractivity contribution in [3.05, 3.63) is 62.5 Å². The van der Waals surface area contributed by atoms with E-state index in [4.69, 9.17) is 4.98 Å². The molecule has 2 N–H and O–H groups in total. The van der Waals surface area contributed by atoms with Crippen LogP contribution >= 0.6 is 11.3 Å². The van der Waals surface area contributed by atoms with E-state index < -0.39 is 0 Å². The second-order valence-electron chi connectivity index (χ2n) is 6.42. The minimum absolute atomic E-state index is 0.0172. The lowest BCUT2D eigenvalue weighted by molar-refractivity contribution is 0.559. The Morgan fingerprint density at radius 1 is 1.25 bits per heavy atom. The maximum Gasteiger partial charge on any atom is 0.259 e. The van der Waals surface area contributed by atoms with Crippen molar-refractivity contribution >= 4 is 21.6 Å². The van der Waals surface area contributed by atoms with Crippen LogP contribution in [0.25, 0.3) is 10.2 Å². The lowest BCUT2D eigenvalue weighted by atomic mass is 9.97. The van der Waals surface area contributed by atoms with Gasteiger partial charge >= 0.3 is 0 Å². The molecule has 4 nitrogen and oxygen atoms in total. The van der Waals surface area contributed by atoms with E-state index in [0.717, 1.165) is 23.1 Å². The number of aromatic amines is 1. The summed E-state index contributed by atoms with van der Waals surface area (Å²) in [6.45, 7) is 2.68. The lowest BCUT2D eigenvalue weighted by Crippen LogP contribution is -2.22. The zero-order valence-electron chi connectivity index (χ0n) is 13.8. The molecular weight excluding hydrogens is 318 g/mol. The van der Waals surface area contributed by atoms with E-state index in [-0.39, 0.29) is 11.6 Å². The van der Waals surface area contributed by atoms with Gasteiger partial charge in [-0.1, -0.05) is 30.3 Å². The van der Waals surface area contributed by atoms with Gasteiger partial charge in [0.1, 0.15) is 10.7 Å². The molecule has 0 fully saturated rings. The number of H-pyrrole nitrogens is 1. The Bertz CT molecular complexity index is 914. The first-order valence-electron chi connectivity index (χ1n) is 8.54. The van der Waals surface area contributed by atoms with E-state index in [1.807, 2.05) is 18.2 Å². The van der Waals surface area contributed by atoms with Crippen molar-refractivity contribution < 1.29 is 0 Å². The number of nitrogens with zero attached hydrogens (tertiary/aromatic N) is 1. The van der Waals surface area contributed by atoms with Crippen LogP contribution in [0, 0.1) is 0 Å². The normalized spacial score (nSPS) is 15.4. The van der Waals surface area contributed by atoms with Crippen LogP contribution in [0.2, 0.25) is 0 Å². The molecule has 0 spiro atoms. The number of nitrogens with one attached hydrogen (secondary N) is 2. The molecule has 0 saturated carbocycles.